The third kappa shape index (κ3) is 6.30. The van der Waals surface area contributed by atoms with E-state index < -0.39 is 0 Å². The lowest BCUT2D eigenvalue weighted by Crippen LogP contribution is -2.10. The molecule has 0 aliphatic carbocycles. The van der Waals surface area contributed by atoms with Gasteiger partial charge in [0.15, 0.2) is 0 Å². The molecular formula is C58H39N. The number of anilines is 3. The van der Waals surface area contributed by atoms with Crippen LogP contribution in [0.25, 0.3) is 87.6 Å². The number of rotatable bonds is 7. The van der Waals surface area contributed by atoms with E-state index in [0.717, 1.165) is 17.1 Å². The van der Waals surface area contributed by atoms with Crippen LogP contribution in [-0.4, -0.2) is 0 Å². The van der Waals surface area contributed by atoms with Crippen molar-refractivity contribution in [2.24, 2.45) is 0 Å². The summed E-state index contributed by atoms with van der Waals surface area (Å²) in [5, 5.41) is 10.2. The van der Waals surface area contributed by atoms with E-state index in [-0.39, 0.29) is 0 Å². The number of fused-ring (bicyclic) bond motifs is 6. The molecule has 0 aliphatic heterocycles. The third-order valence-electron chi connectivity index (χ3n) is 11.8. The predicted molar refractivity (Wildman–Crippen MR) is 253 cm³/mol. The number of hydrogen-bond donors (Lipinski definition) is 0. The zero-order valence-electron chi connectivity index (χ0n) is 32.5. The minimum absolute atomic E-state index is 1.10. The second kappa shape index (κ2) is 14.6. The topological polar surface area (TPSA) is 3.24 Å². The minimum atomic E-state index is 1.10. The van der Waals surface area contributed by atoms with E-state index in [4.69, 9.17) is 0 Å². The highest BCUT2D eigenvalue weighted by Gasteiger charge is 2.17. The van der Waals surface area contributed by atoms with Gasteiger partial charge in [0, 0.05) is 17.1 Å². The zero-order valence-corrected chi connectivity index (χ0v) is 32.5. The van der Waals surface area contributed by atoms with Crippen molar-refractivity contribution in [3.8, 4) is 44.5 Å². The van der Waals surface area contributed by atoms with Crippen LogP contribution in [0, 0.1) is 0 Å². The zero-order chi connectivity index (χ0) is 39.1. The Labute approximate surface area is 344 Å². The van der Waals surface area contributed by atoms with Crippen LogP contribution in [0.1, 0.15) is 0 Å². The first kappa shape index (κ1) is 34.5. The van der Waals surface area contributed by atoms with E-state index in [0.29, 0.717) is 0 Å². The molecule has 0 amide bonds. The van der Waals surface area contributed by atoms with Crippen molar-refractivity contribution in [3.05, 3.63) is 237 Å². The second-order valence-corrected chi connectivity index (χ2v) is 15.3. The summed E-state index contributed by atoms with van der Waals surface area (Å²) in [5.74, 6) is 0. The lowest BCUT2D eigenvalue weighted by atomic mass is 9.93. The smallest absolute Gasteiger partial charge is 0.0467 e. The Kier molecular flexibility index (Phi) is 8.56. The molecule has 0 heterocycles. The first-order chi connectivity index (χ1) is 29.2. The van der Waals surface area contributed by atoms with Gasteiger partial charge in [-0.05, 0) is 136 Å². The fourth-order valence-corrected chi connectivity index (χ4v) is 8.94. The normalized spacial score (nSPS) is 11.4. The van der Waals surface area contributed by atoms with E-state index in [1.54, 1.807) is 0 Å². The molecule has 0 spiro atoms. The number of benzene rings is 11. The molecule has 0 fully saturated rings. The molecule has 0 saturated carbocycles. The quantitative estimate of drug-likeness (QED) is 0.147. The molecule has 1 nitrogen and oxygen atoms in total. The molecule has 0 saturated heterocycles. The van der Waals surface area contributed by atoms with E-state index in [1.165, 1.54) is 87.6 Å². The van der Waals surface area contributed by atoms with Gasteiger partial charge >= 0.3 is 0 Å². The van der Waals surface area contributed by atoms with Gasteiger partial charge in [-0.25, -0.2) is 0 Å². The first-order valence-electron chi connectivity index (χ1n) is 20.3. The van der Waals surface area contributed by atoms with Gasteiger partial charge in [-0.2, -0.15) is 0 Å². The fraction of sp³-hybridized carbons (Fsp3) is 0. The number of nitrogens with zero attached hydrogens (tertiary/aromatic N) is 1. The predicted octanol–water partition coefficient (Wildman–Crippen LogP) is 16.4. The summed E-state index contributed by atoms with van der Waals surface area (Å²) >= 11 is 0. The van der Waals surface area contributed by atoms with Crippen molar-refractivity contribution in [3.63, 3.8) is 0 Å². The highest BCUT2D eigenvalue weighted by Crippen LogP contribution is 2.42. The van der Waals surface area contributed by atoms with Crippen LogP contribution in [0.5, 0.6) is 0 Å². The van der Waals surface area contributed by atoms with Crippen molar-refractivity contribution < 1.29 is 0 Å². The monoisotopic (exact) mass is 749 g/mol. The van der Waals surface area contributed by atoms with Gasteiger partial charge in [0.1, 0.15) is 0 Å². The van der Waals surface area contributed by atoms with Crippen LogP contribution in [0.3, 0.4) is 0 Å². The minimum Gasteiger partial charge on any atom is -0.310 e. The van der Waals surface area contributed by atoms with Crippen molar-refractivity contribution >= 4 is 60.2 Å². The molecular weight excluding hydrogens is 711 g/mol. The molecule has 11 aromatic carbocycles. The van der Waals surface area contributed by atoms with E-state index in [2.05, 4.69) is 241 Å². The van der Waals surface area contributed by atoms with Crippen LogP contribution in [0.15, 0.2) is 237 Å². The molecule has 1 heteroatoms. The van der Waals surface area contributed by atoms with E-state index in [1.807, 2.05) is 0 Å². The maximum absolute atomic E-state index is 2.38. The Morgan fingerprint density at radius 3 is 1.44 bits per heavy atom. The van der Waals surface area contributed by atoms with Crippen LogP contribution < -0.4 is 4.90 Å². The summed E-state index contributed by atoms with van der Waals surface area (Å²) in [5.41, 5.74) is 12.9. The highest BCUT2D eigenvalue weighted by atomic mass is 15.1. The Morgan fingerprint density at radius 1 is 0.203 bits per heavy atom. The van der Waals surface area contributed by atoms with E-state index >= 15 is 0 Å². The van der Waals surface area contributed by atoms with Gasteiger partial charge < -0.3 is 4.90 Å². The average molecular weight is 750 g/mol. The Bertz CT molecular complexity index is 3310. The van der Waals surface area contributed by atoms with Gasteiger partial charge in [0.25, 0.3) is 0 Å². The average Bonchev–Trinajstić information content (AvgIpc) is 3.32. The van der Waals surface area contributed by atoms with Crippen molar-refractivity contribution in [2.75, 3.05) is 4.90 Å². The van der Waals surface area contributed by atoms with Crippen LogP contribution >= 0.6 is 0 Å². The highest BCUT2D eigenvalue weighted by molar-refractivity contribution is 6.14. The summed E-state index contributed by atoms with van der Waals surface area (Å²) < 4.78 is 0. The SMILES string of the molecule is c1ccc(-c2ccccc2-c2cccc(N(c3ccc(-c4ccc5c(ccc6ccccc65)c4)cc3)c3ccc(-c4cc5ccccc5c5ccccc45)cc3)c2)cc1. The Morgan fingerprint density at radius 2 is 0.695 bits per heavy atom. The summed E-state index contributed by atoms with van der Waals surface area (Å²) in [4.78, 5) is 2.38. The lowest BCUT2D eigenvalue weighted by Gasteiger charge is -2.27. The largest absolute Gasteiger partial charge is 0.310 e. The van der Waals surface area contributed by atoms with Gasteiger partial charge in [-0.1, -0.05) is 188 Å². The maximum atomic E-state index is 2.38. The molecule has 0 bridgehead atoms. The van der Waals surface area contributed by atoms with Crippen LogP contribution in [0.4, 0.5) is 17.1 Å². The maximum Gasteiger partial charge on any atom is 0.0467 e. The standard InChI is InChI=1S/C58H39N/c1-2-13-41(14-3-1)51-20-8-9-21-53(51)45-17-12-18-50(38-45)59(48-32-27-40(28-33-48)44-31-36-55-47(37-44)26-25-42-15-4-6-19-52(42)55)49-34-29-43(30-35-49)58-39-46-16-5-7-22-54(46)56-23-10-11-24-57(56)58/h1-39H. The molecule has 59 heavy (non-hydrogen) atoms. The Balaban J connectivity index is 1.02. The molecule has 0 aromatic heterocycles. The summed E-state index contributed by atoms with van der Waals surface area (Å²) in [6, 6.07) is 86.2. The van der Waals surface area contributed by atoms with Gasteiger partial charge in [-0.3, -0.25) is 0 Å². The van der Waals surface area contributed by atoms with Crippen molar-refractivity contribution in [1.82, 2.24) is 0 Å². The Hall–Kier alpha value is -7.74. The van der Waals surface area contributed by atoms with Gasteiger partial charge in [-0.15, -0.1) is 0 Å². The third-order valence-corrected chi connectivity index (χ3v) is 11.8. The lowest BCUT2D eigenvalue weighted by molar-refractivity contribution is 1.28. The summed E-state index contributed by atoms with van der Waals surface area (Å²) in [7, 11) is 0. The summed E-state index contributed by atoms with van der Waals surface area (Å²) in [6.45, 7) is 0. The van der Waals surface area contributed by atoms with E-state index in [9.17, 15) is 0 Å². The summed E-state index contributed by atoms with van der Waals surface area (Å²) in [6.07, 6.45) is 0. The van der Waals surface area contributed by atoms with Crippen molar-refractivity contribution in [2.45, 2.75) is 0 Å². The molecule has 0 radical (unpaired) electrons. The van der Waals surface area contributed by atoms with Crippen LogP contribution in [0.2, 0.25) is 0 Å². The van der Waals surface area contributed by atoms with Gasteiger partial charge in [0.2, 0.25) is 0 Å². The fourth-order valence-electron chi connectivity index (χ4n) is 8.94. The van der Waals surface area contributed by atoms with Crippen molar-refractivity contribution in [1.29, 1.82) is 0 Å². The molecule has 0 unspecified atom stereocenters. The molecule has 0 aliphatic rings. The molecule has 0 N–H and O–H groups in total. The molecule has 11 rings (SSSR count). The van der Waals surface area contributed by atoms with Crippen LogP contribution in [-0.2, 0) is 0 Å². The molecule has 0 atom stereocenters. The second-order valence-electron chi connectivity index (χ2n) is 15.3. The molecule has 276 valence electrons. The molecule has 11 aromatic rings. The number of hydrogen-bond acceptors (Lipinski definition) is 1. The first-order valence-corrected chi connectivity index (χ1v) is 20.3. The van der Waals surface area contributed by atoms with Gasteiger partial charge in [0.05, 0.1) is 0 Å².